The maximum Gasteiger partial charge on any atom is 0.449 e. The number of nitrogens with zero attached hydrogens (tertiary/aromatic N) is 5. The van der Waals surface area contributed by atoms with E-state index in [0.29, 0.717) is 25.9 Å². The number of fused-ring (bicyclic) bond motifs is 1. The van der Waals surface area contributed by atoms with Crippen molar-refractivity contribution in [3.63, 3.8) is 0 Å². The average molecular weight is 463 g/mol. The fourth-order valence-corrected chi connectivity index (χ4v) is 4.16. The maximum atomic E-state index is 13.1. The molecule has 2 aromatic heterocycles. The molecule has 1 amide bonds. The fraction of sp³-hybridized carbons (Fsp3) is 0.455. The fourth-order valence-electron chi connectivity index (χ4n) is 4.16. The Hall–Kier alpha value is -3.21. The molecule has 176 valence electrons. The van der Waals surface area contributed by atoms with Crippen LogP contribution >= 0.6 is 0 Å². The summed E-state index contributed by atoms with van der Waals surface area (Å²) in [4.78, 5) is 34.4. The summed E-state index contributed by atoms with van der Waals surface area (Å²) >= 11 is 0. The van der Waals surface area contributed by atoms with Gasteiger partial charge in [0, 0.05) is 26.6 Å². The third-order valence-electron chi connectivity index (χ3n) is 6.08. The van der Waals surface area contributed by atoms with Crippen molar-refractivity contribution >= 4 is 17.1 Å². The van der Waals surface area contributed by atoms with E-state index in [1.54, 1.807) is 4.90 Å². The molecule has 0 radical (unpaired) electrons. The quantitative estimate of drug-likeness (QED) is 0.626. The lowest BCUT2D eigenvalue weighted by molar-refractivity contribution is -0.146. The van der Waals surface area contributed by atoms with Gasteiger partial charge in [-0.1, -0.05) is 30.3 Å². The number of benzene rings is 1. The van der Waals surface area contributed by atoms with Crippen molar-refractivity contribution in [2.24, 2.45) is 7.05 Å². The largest absolute Gasteiger partial charge is 0.449 e. The molecule has 1 fully saturated rings. The number of alkyl halides is 3. The lowest BCUT2D eigenvalue weighted by Gasteiger charge is -2.38. The lowest BCUT2D eigenvalue weighted by atomic mass is 9.91. The molecule has 0 atom stereocenters. The molecule has 3 heterocycles. The summed E-state index contributed by atoms with van der Waals surface area (Å²) in [5.41, 5.74) is -1.53. The molecular weight excluding hydrogens is 439 g/mol. The monoisotopic (exact) mass is 463 g/mol. The number of halogens is 3. The van der Waals surface area contributed by atoms with Crippen molar-refractivity contribution in [3.8, 4) is 0 Å². The van der Waals surface area contributed by atoms with Gasteiger partial charge in [0.1, 0.15) is 6.33 Å². The number of piperidine rings is 1. The normalized spacial score (nSPS) is 16.3. The van der Waals surface area contributed by atoms with Crippen molar-refractivity contribution in [1.29, 1.82) is 0 Å². The highest BCUT2D eigenvalue weighted by Crippen LogP contribution is 2.29. The molecule has 1 aliphatic heterocycles. The summed E-state index contributed by atoms with van der Waals surface area (Å²) in [6.07, 6.45) is -2.11. The zero-order chi connectivity index (χ0) is 23.8. The minimum Gasteiger partial charge on any atom is -0.388 e. The van der Waals surface area contributed by atoms with E-state index in [1.807, 2.05) is 30.3 Å². The van der Waals surface area contributed by atoms with E-state index in [4.69, 9.17) is 0 Å². The van der Waals surface area contributed by atoms with Gasteiger partial charge in [-0.2, -0.15) is 13.2 Å². The number of imidazole rings is 1. The number of aliphatic hydroxyl groups is 1. The van der Waals surface area contributed by atoms with Gasteiger partial charge in [0.15, 0.2) is 11.2 Å². The van der Waals surface area contributed by atoms with Gasteiger partial charge in [0.05, 0.1) is 12.1 Å². The number of hydrogen-bond acceptors (Lipinski definition) is 5. The first-order valence-corrected chi connectivity index (χ1v) is 10.6. The molecule has 8 nitrogen and oxygen atoms in total. The minimum atomic E-state index is -4.72. The van der Waals surface area contributed by atoms with Gasteiger partial charge >= 0.3 is 6.18 Å². The van der Waals surface area contributed by atoms with Gasteiger partial charge in [-0.05, 0) is 24.8 Å². The van der Waals surface area contributed by atoms with E-state index < -0.39 is 28.7 Å². The first-order valence-electron chi connectivity index (χ1n) is 10.6. The molecule has 1 saturated heterocycles. The number of likely N-dealkylation sites (tertiary alicyclic amines) is 1. The van der Waals surface area contributed by atoms with Gasteiger partial charge in [0.25, 0.3) is 5.56 Å². The van der Waals surface area contributed by atoms with Crippen molar-refractivity contribution in [1.82, 2.24) is 24.0 Å². The van der Waals surface area contributed by atoms with Crippen molar-refractivity contribution in [3.05, 3.63) is 58.4 Å². The predicted molar refractivity (Wildman–Crippen MR) is 113 cm³/mol. The van der Waals surface area contributed by atoms with Crippen LogP contribution in [0.25, 0.3) is 11.2 Å². The van der Waals surface area contributed by atoms with Crippen LogP contribution in [0.15, 0.2) is 41.5 Å². The molecule has 0 aliphatic carbocycles. The Morgan fingerprint density at radius 3 is 2.48 bits per heavy atom. The van der Waals surface area contributed by atoms with Crippen LogP contribution in [-0.2, 0) is 31.0 Å². The first-order chi connectivity index (χ1) is 15.6. The number of hydrogen-bond donors (Lipinski definition) is 1. The Bertz CT molecular complexity index is 1210. The smallest absolute Gasteiger partial charge is 0.388 e. The molecule has 1 aromatic carbocycles. The highest BCUT2D eigenvalue weighted by atomic mass is 19.4. The third kappa shape index (κ3) is 4.77. The summed E-state index contributed by atoms with van der Waals surface area (Å²) in [7, 11) is 1.15. The van der Waals surface area contributed by atoms with Crippen molar-refractivity contribution in [2.75, 3.05) is 13.1 Å². The second-order valence-electron chi connectivity index (χ2n) is 8.43. The zero-order valence-corrected chi connectivity index (χ0v) is 18.0. The van der Waals surface area contributed by atoms with Gasteiger partial charge in [-0.3, -0.25) is 14.2 Å². The number of rotatable bonds is 5. The van der Waals surface area contributed by atoms with E-state index in [-0.39, 0.29) is 30.9 Å². The SMILES string of the molecule is Cn1c(C(F)(F)F)nc2c(=O)n(CC3(O)CCN(C(=O)CCc4ccccc4)CC3)cnc21. The van der Waals surface area contributed by atoms with Crippen LogP contribution in [0.3, 0.4) is 0 Å². The Labute approximate surface area is 187 Å². The second kappa shape index (κ2) is 8.62. The standard InChI is InChI=1S/C22H24F3N5O3/c1-28-18-17(27-20(28)22(23,24)25)19(32)30(14-26-18)13-21(33)9-11-29(12-10-21)16(31)8-7-15-5-3-2-4-6-15/h2-6,14,33H,7-13H2,1H3. The summed E-state index contributed by atoms with van der Waals surface area (Å²) in [6.45, 7) is 0.519. The van der Waals surface area contributed by atoms with Crippen LogP contribution in [0.2, 0.25) is 0 Å². The van der Waals surface area contributed by atoms with E-state index in [0.717, 1.165) is 28.1 Å². The van der Waals surface area contributed by atoms with E-state index in [9.17, 15) is 27.9 Å². The zero-order valence-electron chi connectivity index (χ0n) is 18.0. The molecule has 1 N–H and O–H groups in total. The Morgan fingerprint density at radius 2 is 1.85 bits per heavy atom. The number of aromatic nitrogens is 4. The molecule has 0 bridgehead atoms. The molecule has 0 spiro atoms. The first kappa shape index (κ1) is 23.0. The van der Waals surface area contributed by atoms with Gasteiger partial charge in [-0.25, -0.2) is 9.97 Å². The molecule has 4 rings (SSSR count). The van der Waals surface area contributed by atoms with Crippen LogP contribution in [0.4, 0.5) is 13.2 Å². The van der Waals surface area contributed by atoms with E-state index in [1.165, 1.54) is 0 Å². The molecule has 0 saturated carbocycles. The topological polar surface area (TPSA) is 93.2 Å². The van der Waals surface area contributed by atoms with Crippen LogP contribution in [0.1, 0.15) is 30.7 Å². The Morgan fingerprint density at radius 1 is 1.18 bits per heavy atom. The predicted octanol–water partition coefficient (Wildman–Crippen LogP) is 2.14. The number of amides is 1. The molecule has 1 aliphatic rings. The van der Waals surface area contributed by atoms with Crippen LogP contribution in [-0.4, -0.2) is 53.7 Å². The summed E-state index contributed by atoms with van der Waals surface area (Å²) in [5, 5.41) is 11.0. The van der Waals surface area contributed by atoms with E-state index in [2.05, 4.69) is 9.97 Å². The maximum absolute atomic E-state index is 13.1. The minimum absolute atomic E-state index is 0.00526. The Kier molecular flexibility index (Phi) is 6.00. The highest BCUT2D eigenvalue weighted by molar-refractivity contribution is 5.76. The lowest BCUT2D eigenvalue weighted by Crippen LogP contribution is -2.49. The number of carbonyl (C=O) groups is 1. The third-order valence-corrected chi connectivity index (χ3v) is 6.08. The van der Waals surface area contributed by atoms with Crippen molar-refractivity contribution in [2.45, 2.75) is 44.0 Å². The van der Waals surface area contributed by atoms with Gasteiger partial charge < -0.3 is 14.6 Å². The molecule has 0 unspecified atom stereocenters. The summed E-state index contributed by atoms with van der Waals surface area (Å²) in [5.74, 6) is -1.21. The van der Waals surface area contributed by atoms with E-state index >= 15 is 0 Å². The Balaban J connectivity index is 1.42. The number of carbonyl (C=O) groups excluding carboxylic acids is 1. The number of aryl methyl sites for hydroxylation is 2. The summed E-state index contributed by atoms with van der Waals surface area (Å²) < 4.78 is 41.2. The second-order valence-corrected chi connectivity index (χ2v) is 8.43. The van der Waals surface area contributed by atoms with Crippen LogP contribution < -0.4 is 5.56 Å². The average Bonchev–Trinajstić information content (AvgIpc) is 3.13. The summed E-state index contributed by atoms with van der Waals surface area (Å²) in [6, 6.07) is 9.68. The van der Waals surface area contributed by atoms with Gasteiger partial charge in [0.2, 0.25) is 11.7 Å². The van der Waals surface area contributed by atoms with Gasteiger partial charge in [-0.15, -0.1) is 0 Å². The van der Waals surface area contributed by atoms with Crippen molar-refractivity contribution < 1.29 is 23.1 Å². The molecule has 11 heteroatoms. The van der Waals surface area contributed by atoms with Crippen LogP contribution in [0.5, 0.6) is 0 Å². The molecule has 3 aromatic rings. The highest BCUT2D eigenvalue weighted by Gasteiger charge is 2.38. The van der Waals surface area contributed by atoms with Crippen LogP contribution in [0, 0.1) is 0 Å². The molecular formula is C22H24F3N5O3. The molecule has 33 heavy (non-hydrogen) atoms.